The quantitative estimate of drug-likeness (QED) is 0.518. The van der Waals surface area contributed by atoms with E-state index in [4.69, 9.17) is 0 Å². The zero-order chi connectivity index (χ0) is 9.95. The number of rotatable bonds is 3. The molecule has 1 aliphatic rings. The van der Waals surface area contributed by atoms with Gasteiger partial charge in [-0.15, -0.1) is 0 Å². The van der Waals surface area contributed by atoms with Crippen molar-refractivity contribution >= 4 is 0 Å². The van der Waals surface area contributed by atoms with E-state index in [9.17, 15) is 0 Å². The molecule has 74 valence electrons. The molecule has 0 bridgehead atoms. The van der Waals surface area contributed by atoms with Crippen LogP contribution in [0.3, 0.4) is 0 Å². The van der Waals surface area contributed by atoms with Gasteiger partial charge in [0.1, 0.15) is 0 Å². The molecule has 1 N–H and O–H groups in total. The molecule has 1 heteroatoms. The predicted octanol–water partition coefficient (Wildman–Crippen LogP) is 2.43. The van der Waals surface area contributed by atoms with Crippen LogP contribution in [0.1, 0.15) is 40.5 Å². The van der Waals surface area contributed by atoms with E-state index in [-0.39, 0.29) is 5.41 Å². The number of hydrogen-bond acceptors (Lipinski definition) is 1. The molecule has 0 radical (unpaired) electrons. The second-order valence-electron chi connectivity index (χ2n) is 5.47. The third-order valence-electron chi connectivity index (χ3n) is 2.33. The lowest BCUT2D eigenvalue weighted by Crippen LogP contribution is -2.22. The van der Waals surface area contributed by atoms with Crippen molar-refractivity contribution in [1.82, 2.24) is 5.32 Å². The Bertz CT molecular complexity index is 220. The molecule has 0 unspecified atom stereocenters. The summed E-state index contributed by atoms with van der Waals surface area (Å²) in [7, 11) is 0. The second-order valence-corrected chi connectivity index (χ2v) is 5.47. The average molecular weight is 179 g/mol. The highest BCUT2D eigenvalue weighted by molar-refractivity contribution is 5.08. The Hall–Kier alpha value is -0.480. The zero-order valence-corrected chi connectivity index (χ0v) is 9.33. The Balaban J connectivity index is 2.09. The van der Waals surface area contributed by atoms with E-state index in [2.05, 4.69) is 44.9 Å². The lowest BCUT2D eigenvalue weighted by atomic mass is 9.98. The van der Waals surface area contributed by atoms with Gasteiger partial charge < -0.3 is 5.32 Å². The first kappa shape index (κ1) is 10.6. The molecule has 1 rings (SSSR count). The van der Waals surface area contributed by atoms with Gasteiger partial charge in [0.15, 0.2) is 0 Å². The molecule has 1 fully saturated rings. The van der Waals surface area contributed by atoms with E-state index < -0.39 is 0 Å². The normalized spacial score (nSPS) is 19.1. The molecule has 1 nitrogen and oxygen atoms in total. The first-order valence-electron chi connectivity index (χ1n) is 5.12. The van der Waals surface area contributed by atoms with Crippen LogP contribution in [-0.2, 0) is 0 Å². The van der Waals surface area contributed by atoms with Crippen LogP contribution in [0.25, 0.3) is 0 Å². The summed E-state index contributed by atoms with van der Waals surface area (Å²) in [5.74, 6) is 6.38. The summed E-state index contributed by atoms with van der Waals surface area (Å²) in [6.07, 6.45) is 2.76. The molecule has 0 aromatic rings. The van der Waals surface area contributed by atoms with Crippen LogP contribution in [0.5, 0.6) is 0 Å². The van der Waals surface area contributed by atoms with E-state index in [0.29, 0.717) is 5.41 Å². The minimum absolute atomic E-state index is 0.144. The predicted molar refractivity (Wildman–Crippen MR) is 57.4 cm³/mol. The van der Waals surface area contributed by atoms with Crippen LogP contribution in [0.4, 0.5) is 0 Å². The third-order valence-corrected chi connectivity index (χ3v) is 2.33. The van der Waals surface area contributed by atoms with Crippen molar-refractivity contribution in [3.63, 3.8) is 0 Å². The summed E-state index contributed by atoms with van der Waals surface area (Å²) in [5, 5.41) is 3.39. The van der Waals surface area contributed by atoms with E-state index in [0.717, 1.165) is 13.1 Å². The molecule has 1 aliphatic carbocycles. The molecule has 0 spiro atoms. The molecule has 0 aromatic carbocycles. The van der Waals surface area contributed by atoms with Gasteiger partial charge in [-0.2, -0.15) is 0 Å². The van der Waals surface area contributed by atoms with Crippen molar-refractivity contribution in [1.29, 1.82) is 0 Å². The van der Waals surface area contributed by atoms with Crippen LogP contribution in [0.2, 0.25) is 0 Å². The highest BCUT2D eigenvalue weighted by Crippen LogP contribution is 2.43. The van der Waals surface area contributed by atoms with Gasteiger partial charge >= 0.3 is 0 Å². The topological polar surface area (TPSA) is 12.0 Å². The third kappa shape index (κ3) is 4.95. The van der Waals surface area contributed by atoms with Gasteiger partial charge in [0.2, 0.25) is 0 Å². The minimum Gasteiger partial charge on any atom is -0.306 e. The van der Waals surface area contributed by atoms with Crippen molar-refractivity contribution in [2.75, 3.05) is 13.1 Å². The van der Waals surface area contributed by atoms with Gasteiger partial charge in [0, 0.05) is 12.0 Å². The summed E-state index contributed by atoms with van der Waals surface area (Å²) in [5.41, 5.74) is 0.745. The van der Waals surface area contributed by atoms with Gasteiger partial charge in [-0.1, -0.05) is 18.8 Å². The monoisotopic (exact) mass is 179 g/mol. The van der Waals surface area contributed by atoms with Crippen molar-refractivity contribution in [2.24, 2.45) is 10.8 Å². The molecule has 0 atom stereocenters. The van der Waals surface area contributed by atoms with Crippen LogP contribution < -0.4 is 5.32 Å². The molecule has 0 aliphatic heterocycles. The Morgan fingerprint density at radius 1 is 1.31 bits per heavy atom. The fourth-order valence-corrected chi connectivity index (χ4v) is 1.13. The van der Waals surface area contributed by atoms with Crippen LogP contribution in [0.15, 0.2) is 0 Å². The van der Waals surface area contributed by atoms with Gasteiger partial charge in [0.25, 0.3) is 0 Å². The lowest BCUT2D eigenvalue weighted by Gasteiger charge is -2.08. The standard InChI is InChI=1S/C12H21N/c1-11(2,3)6-5-9-13-10-12(4)7-8-12/h13H,7-10H2,1-4H3. The molecular formula is C12H21N. The van der Waals surface area contributed by atoms with Crippen LogP contribution in [0, 0.1) is 22.7 Å². The highest BCUT2D eigenvalue weighted by Gasteiger charge is 2.36. The Morgan fingerprint density at radius 3 is 2.38 bits per heavy atom. The Morgan fingerprint density at radius 2 is 1.92 bits per heavy atom. The first-order valence-corrected chi connectivity index (χ1v) is 5.12. The Kier molecular flexibility index (Phi) is 3.03. The minimum atomic E-state index is 0.144. The zero-order valence-electron chi connectivity index (χ0n) is 9.33. The maximum Gasteiger partial charge on any atom is 0.0576 e. The van der Waals surface area contributed by atoms with E-state index in [1.807, 2.05) is 0 Å². The van der Waals surface area contributed by atoms with Gasteiger partial charge in [0.05, 0.1) is 6.54 Å². The van der Waals surface area contributed by atoms with E-state index in [1.165, 1.54) is 12.8 Å². The SMILES string of the molecule is CC(C)(C)C#CCNCC1(C)CC1. The fraction of sp³-hybridized carbons (Fsp3) is 0.833. The molecule has 0 saturated heterocycles. The maximum absolute atomic E-state index is 3.39. The fourth-order valence-electron chi connectivity index (χ4n) is 1.13. The van der Waals surface area contributed by atoms with Crippen molar-refractivity contribution in [3.05, 3.63) is 0 Å². The highest BCUT2D eigenvalue weighted by atomic mass is 14.9. The number of nitrogens with one attached hydrogen (secondary N) is 1. The van der Waals surface area contributed by atoms with Gasteiger partial charge in [-0.25, -0.2) is 0 Å². The Labute approximate surface area is 82.3 Å². The van der Waals surface area contributed by atoms with Gasteiger partial charge in [-0.3, -0.25) is 0 Å². The summed E-state index contributed by atoms with van der Waals surface area (Å²) in [6.45, 7) is 10.7. The van der Waals surface area contributed by atoms with E-state index >= 15 is 0 Å². The molecule has 0 heterocycles. The van der Waals surface area contributed by atoms with Crippen LogP contribution >= 0.6 is 0 Å². The number of hydrogen-bond donors (Lipinski definition) is 1. The van der Waals surface area contributed by atoms with Crippen molar-refractivity contribution in [3.8, 4) is 11.8 Å². The van der Waals surface area contributed by atoms with Crippen molar-refractivity contribution in [2.45, 2.75) is 40.5 Å². The summed E-state index contributed by atoms with van der Waals surface area (Å²) in [6, 6.07) is 0. The van der Waals surface area contributed by atoms with Crippen molar-refractivity contribution < 1.29 is 0 Å². The largest absolute Gasteiger partial charge is 0.306 e. The summed E-state index contributed by atoms with van der Waals surface area (Å²) >= 11 is 0. The molecular weight excluding hydrogens is 158 g/mol. The second kappa shape index (κ2) is 3.72. The van der Waals surface area contributed by atoms with Crippen LogP contribution in [-0.4, -0.2) is 13.1 Å². The molecule has 0 aromatic heterocycles. The maximum atomic E-state index is 3.39. The lowest BCUT2D eigenvalue weighted by molar-refractivity contribution is 0.519. The van der Waals surface area contributed by atoms with Gasteiger partial charge in [-0.05, 0) is 39.0 Å². The summed E-state index contributed by atoms with van der Waals surface area (Å²) in [4.78, 5) is 0. The average Bonchev–Trinajstić information content (AvgIpc) is 2.65. The molecule has 1 saturated carbocycles. The summed E-state index contributed by atoms with van der Waals surface area (Å²) < 4.78 is 0. The molecule has 13 heavy (non-hydrogen) atoms. The first-order chi connectivity index (χ1) is 5.91. The smallest absolute Gasteiger partial charge is 0.0576 e. The molecule has 0 amide bonds. The van der Waals surface area contributed by atoms with E-state index in [1.54, 1.807) is 0 Å².